The summed E-state index contributed by atoms with van der Waals surface area (Å²) in [5.41, 5.74) is 0. The van der Waals surface area contributed by atoms with Crippen LogP contribution in [0.15, 0.2) is 0 Å². The van der Waals surface area contributed by atoms with Gasteiger partial charge in [0.25, 0.3) is 0 Å². The summed E-state index contributed by atoms with van der Waals surface area (Å²) in [6, 6.07) is 0. The molecule has 0 aromatic carbocycles. The molecule has 0 aromatic heterocycles. The van der Waals surface area contributed by atoms with Gasteiger partial charge < -0.3 is 14.2 Å². The summed E-state index contributed by atoms with van der Waals surface area (Å²) >= 11 is 0. The van der Waals surface area contributed by atoms with Crippen LogP contribution in [0.5, 0.6) is 0 Å². The lowest BCUT2D eigenvalue weighted by Gasteiger charge is -2.18. The number of hydrogen-bond donors (Lipinski definition) is 0. The summed E-state index contributed by atoms with van der Waals surface area (Å²) in [6.07, 6.45) is 49.5. The lowest BCUT2D eigenvalue weighted by Crippen LogP contribution is -2.30. The zero-order chi connectivity index (χ0) is 44.7. The van der Waals surface area contributed by atoms with Gasteiger partial charge in [-0.3, -0.25) is 14.4 Å². The van der Waals surface area contributed by atoms with Gasteiger partial charge >= 0.3 is 17.9 Å². The fourth-order valence-electron chi connectivity index (χ4n) is 8.34. The van der Waals surface area contributed by atoms with Crippen molar-refractivity contribution in [1.29, 1.82) is 0 Å². The van der Waals surface area contributed by atoms with E-state index >= 15 is 0 Å². The molecule has 0 bridgehead atoms. The second kappa shape index (κ2) is 47.9. The predicted molar refractivity (Wildman–Crippen MR) is 261 cm³/mol. The van der Waals surface area contributed by atoms with Gasteiger partial charge in [-0.1, -0.05) is 266 Å². The minimum absolute atomic E-state index is 0.0632. The Morgan fingerprint density at radius 1 is 0.311 bits per heavy atom. The molecule has 0 rings (SSSR count). The molecule has 61 heavy (non-hydrogen) atoms. The Kier molecular flexibility index (Phi) is 46.6. The predicted octanol–water partition coefficient (Wildman–Crippen LogP) is 17.7. The quantitative estimate of drug-likeness (QED) is 0.0344. The van der Waals surface area contributed by atoms with Crippen LogP contribution in [-0.2, 0) is 28.6 Å². The average Bonchev–Trinajstić information content (AvgIpc) is 3.23. The molecule has 0 fully saturated rings. The van der Waals surface area contributed by atoms with Crippen molar-refractivity contribution in [2.75, 3.05) is 13.2 Å². The molecule has 0 saturated carbocycles. The molecular formula is C55H106O6. The van der Waals surface area contributed by atoms with Crippen molar-refractivity contribution < 1.29 is 28.6 Å². The molecule has 0 aromatic rings. The molecular weight excluding hydrogens is 757 g/mol. The van der Waals surface area contributed by atoms with E-state index in [1.165, 1.54) is 193 Å². The molecule has 0 unspecified atom stereocenters. The fourth-order valence-corrected chi connectivity index (χ4v) is 8.34. The Morgan fingerprint density at radius 2 is 0.541 bits per heavy atom. The molecule has 0 aliphatic heterocycles. The van der Waals surface area contributed by atoms with Gasteiger partial charge in [0, 0.05) is 19.3 Å². The molecule has 0 radical (unpaired) electrons. The number of unbranched alkanes of at least 4 members (excludes halogenated alkanes) is 34. The van der Waals surface area contributed by atoms with Crippen LogP contribution in [0.2, 0.25) is 0 Å². The second-order valence-corrected chi connectivity index (χ2v) is 19.8. The average molecular weight is 863 g/mol. The molecule has 362 valence electrons. The van der Waals surface area contributed by atoms with Crippen LogP contribution in [0.4, 0.5) is 0 Å². The van der Waals surface area contributed by atoms with Crippen molar-refractivity contribution in [3.05, 3.63) is 0 Å². The van der Waals surface area contributed by atoms with Gasteiger partial charge in [0.05, 0.1) is 0 Å². The van der Waals surface area contributed by atoms with Crippen molar-refractivity contribution in [2.45, 2.75) is 310 Å². The lowest BCUT2D eigenvalue weighted by molar-refractivity contribution is -0.167. The van der Waals surface area contributed by atoms with E-state index < -0.39 is 6.10 Å². The summed E-state index contributed by atoms with van der Waals surface area (Å²) < 4.78 is 16.8. The molecule has 6 nitrogen and oxygen atoms in total. The number of ether oxygens (including phenoxy) is 3. The van der Waals surface area contributed by atoms with Gasteiger partial charge in [-0.25, -0.2) is 0 Å². The third kappa shape index (κ3) is 49.3. The first kappa shape index (κ1) is 59.4. The SMILES string of the molecule is CCCCCCCCCCCCC(=O)OC[C@@H](COC(=O)CCCCCCCCCCCCCCCCCCC(C)C)OC(=O)CCCCCCCCCCCCCC(C)C. The van der Waals surface area contributed by atoms with Gasteiger partial charge in [-0.2, -0.15) is 0 Å². The third-order valence-electron chi connectivity index (χ3n) is 12.5. The Hall–Kier alpha value is -1.59. The zero-order valence-electron chi connectivity index (χ0n) is 41.8. The van der Waals surface area contributed by atoms with Crippen LogP contribution in [0, 0.1) is 11.8 Å². The molecule has 0 aliphatic carbocycles. The number of carbonyl (C=O) groups is 3. The van der Waals surface area contributed by atoms with Crippen LogP contribution in [-0.4, -0.2) is 37.2 Å². The largest absolute Gasteiger partial charge is 0.462 e. The number of esters is 3. The Balaban J connectivity index is 4.24. The Morgan fingerprint density at radius 3 is 0.803 bits per heavy atom. The second-order valence-electron chi connectivity index (χ2n) is 19.8. The van der Waals surface area contributed by atoms with E-state index in [1.807, 2.05) is 0 Å². The van der Waals surface area contributed by atoms with E-state index in [-0.39, 0.29) is 31.1 Å². The van der Waals surface area contributed by atoms with Crippen molar-refractivity contribution in [1.82, 2.24) is 0 Å². The monoisotopic (exact) mass is 863 g/mol. The summed E-state index contributed by atoms with van der Waals surface area (Å²) in [4.78, 5) is 38.0. The van der Waals surface area contributed by atoms with E-state index in [1.54, 1.807) is 0 Å². The van der Waals surface area contributed by atoms with Crippen molar-refractivity contribution in [3.63, 3.8) is 0 Å². The maximum Gasteiger partial charge on any atom is 0.306 e. The van der Waals surface area contributed by atoms with Crippen LogP contribution < -0.4 is 0 Å². The molecule has 0 amide bonds. The van der Waals surface area contributed by atoms with Gasteiger partial charge in [0.1, 0.15) is 13.2 Å². The van der Waals surface area contributed by atoms with Gasteiger partial charge in [0.2, 0.25) is 0 Å². The van der Waals surface area contributed by atoms with Crippen LogP contribution in [0.3, 0.4) is 0 Å². The maximum absolute atomic E-state index is 12.8. The summed E-state index contributed by atoms with van der Waals surface area (Å²) in [7, 11) is 0. The highest BCUT2D eigenvalue weighted by Crippen LogP contribution is 2.18. The van der Waals surface area contributed by atoms with E-state index in [0.717, 1.165) is 69.6 Å². The highest BCUT2D eigenvalue weighted by atomic mass is 16.6. The topological polar surface area (TPSA) is 78.9 Å². The molecule has 0 N–H and O–H groups in total. The maximum atomic E-state index is 12.8. The van der Waals surface area contributed by atoms with Crippen molar-refractivity contribution in [2.24, 2.45) is 11.8 Å². The highest BCUT2D eigenvalue weighted by Gasteiger charge is 2.19. The van der Waals surface area contributed by atoms with Crippen LogP contribution in [0.1, 0.15) is 304 Å². The van der Waals surface area contributed by atoms with E-state index in [0.29, 0.717) is 19.3 Å². The molecule has 0 saturated heterocycles. The fraction of sp³-hybridized carbons (Fsp3) is 0.945. The molecule has 1 atom stereocenters. The normalized spacial score (nSPS) is 12.0. The molecule has 0 aliphatic rings. The Labute approximate surface area is 380 Å². The van der Waals surface area contributed by atoms with Gasteiger partial charge in [-0.05, 0) is 31.1 Å². The smallest absolute Gasteiger partial charge is 0.306 e. The Bertz CT molecular complexity index is 931. The van der Waals surface area contributed by atoms with Crippen molar-refractivity contribution in [3.8, 4) is 0 Å². The number of rotatable bonds is 49. The van der Waals surface area contributed by atoms with Crippen LogP contribution in [0.25, 0.3) is 0 Å². The molecule has 6 heteroatoms. The van der Waals surface area contributed by atoms with Crippen molar-refractivity contribution >= 4 is 17.9 Å². The number of hydrogen-bond acceptors (Lipinski definition) is 6. The van der Waals surface area contributed by atoms with E-state index in [2.05, 4.69) is 34.6 Å². The van der Waals surface area contributed by atoms with Crippen LogP contribution >= 0.6 is 0 Å². The first-order valence-corrected chi connectivity index (χ1v) is 27.2. The first-order chi connectivity index (χ1) is 29.7. The standard InChI is InChI=1S/C55H106O6/c1-6-7-8-9-10-11-25-30-35-40-45-53(56)59-48-52(61-55(58)47-42-37-32-27-22-18-20-24-29-34-39-44-51(4)5)49-60-54(57)46-41-36-31-26-21-17-15-13-12-14-16-19-23-28-33-38-43-50(2)3/h50-52H,6-49H2,1-5H3/t52-/m0/s1. The summed E-state index contributed by atoms with van der Waals surface area (Å²) in [5.74, 6) is 0.832. The minimum atomic E-state index is -0.761. The lowest BCUT2D eigenvalue weighted by atomic mass is 10.0. The molecule has 0 heterocycles. The highest BCUT2D eigenvalue weighted by molar-refractivity contribution is 5.71. The van der Waals surface area contributed by atoms with E-state index in [9.17, 15) is 14.4 Å². The number of carbonyl (C=O) groups excluding carboxylic acids is 3. The minimum Gasteiger partial charge on any atom is -0.462 e. The third-order valence-corrected chi connectivity index (χ3v) is 12.5. The summed E-state index contributed by atoms with van der Waals surface area (Å²) in [6.45, 7) is 11.4. The first-order valence-electron chi connectivity index (χ1n) is 27.2. The summed E-state index contributed by atoms with van der Waals surface area (Å²) in [5, 5.41) is 0. The van der Waals surface area contributed by atoms with Gasteiger partial charge in [-0.15, -0.1) is 0 Å². The zero-order valence-corrected chi connectivity index (χ0v) is 41.8. The molecule has 0 spiro atoms. The van der Waals surface area contributed by atoms with E-state index in [4.69, 9.17) is 14.2 Å². The van der Waals surface area contributed by atoms with Gasteiger partial charge in [0.15, 0.2) is 6.10 Å².